The molecule has 0 aliphatic carbocycles. The van der Waals surface area contributed by atoms with Crippen LogP contribution in [0.15, 0.2) is 12.1 Å². The lowest BCUT2D eigenvalue weighted by atomic mass is 10.3. The van der Waals surface area contributed by atoms with E-state index in [0.717, 1.165) is 21.3 Å². The summed E-state index contributed by atoms with van der Waals surface area (Å²) in [5, 5.41) is 0. The van der Waals surface area contributed by atoms with E-state index in [0.29, 0.717) is 3.95 Å². The van der Waals surface area contributed by atoms with Gasteiger partial charge in [0.1, 0.15) is 11.0 Å². The van der Waals surface area contributed by atoms with Crippen LogP contribution in [0, 0.1) is 3.95 Å². The van der Waals surface area contributed by atoms with Crippen molar-refractivity contribution in [3.05, 3.63) is 16.1 Å². The van der Waals surface area contributed by atoms with Crippen LogP contribution in [0.3, 0.4) is 0 Å². The molecular weight excluding hydrogens is 222 g/mol. The Labute approximate surface area is 86.4 Å². The van der Waals surface area contributed by atoms with E-state index < -0.39 is 0 Å². The Kier molecular flexibility index (Phi) is 1.49. The van der Waals surface area contributed by atoms with Gasteiger partial charge in [-0.1, -0.05) is 0 Å². The lowest BCUT2D eigenvalue weighted by Crippen LogP contribution is -1.72. The number of hydrogen-bond donors (Lipinski definition) is 1. The molecule has 6 heteroatoms. The van der Waals surface area contributed by atoms with Gasteiger partial charge >= 0.3 is 0 Å². The highest BCUT2D eigenvalue weighted by atomic mass is 32.1. The van der Waals surface area contributed by atoms with Gasteiger partial charge in [0.25, 0.3) is 0 Å². The van der Waals surface area contributed by atoms with Crippen LogP contribution in [-0.2, 0) is 0 Å². The molecule has 3 aromatic rings. The maximum atomic E-state index is 5.02. The van der Waals surface area contributed by atoms with Crippen LogP contribution in [0.25, 0.3) is 21.3 Å². The number of nitrogens with zero attached hydrogens (tertiary/aromatic N) is 2. The number of aromatic nitrogens is 3. The molecule has 64 valence electrons. The van der Waals surface area contributed by atoms with Gasteiger partial charge in [0.05, 0.1) is 10.2 Å². The zero-order valence-corrected chi connectivity index (χ0v) is 8.72. The predicted octanol–water partition coefficient (Wildman–Crippen LogP) is 2.96. The van der Waals surface area contributed by atoms with E-state index in [9.17, 15) is 0 Å². The smallest absolute Gasteiger partial charge is 0.181 e. The number of nitrogens with one attached hydrogen (secondary N) is 1. The fraction of sp³-hybridized carbons (Fsp3) is 0. The summed E-state index contributed by atoms with van der Waals surface area (Å²) in [5.41, 5.74) is 2.87. The maximum Gasteiger partial charge on any atom is 0.181 e. The highest BCUT2D eigenvalue weighted by Gasteiger charge is 2.05. The van der Waals surface area contributed by atoms with Crippen molar-refractivity contribution in [3.63, 3.8) is 0 Å². The average molecular weight is 225 g/mol. The Hall–Kier alpha value is -0.850. The molecule has 2 heterocycles. The molecule has 0 aliphatic rings. The van der Waals surface area contributed by atoms with Crippen LogP contribution < -0.4 is 0 Å². The summed E-state index contributed by atoms with van der Waals surface area (Å²) in [6.45, 7) is 0. The number of aromatic amines is 1. The van der Waals surface area contributed by atoms with Gasteiger partial charge in [-0.2, -0.15) is 4.37 Å². The number of thiazole rings is 1. The van der Waals surface area contributed by atoms with Crippen LogP contribution in [-0.4, -0.2) is 13.7 Å². The lowest BCUT2D eigenvalue weighted by molar-refractivity contribution is 1.47. The quantitative estimate of drug-likeness (QED) is 0.598. The van der Waals surface area contributed by atoms with Gasteiger partial charge in [-0.25, -0.2) is 4.98 Å². The van der Waals surface area contributed by atoms with Gasteiger partial charge in [-0.3, -0.25) is 4.37 Å². The minimum Gasteiger partial charge on any atom is -0.293 e. The molecule has 13 heavy (non-hydrogen) atoms. The zero-order chi connectivity index (χ0) is 8.84. The van der Waals surface area contributed by atoms with E-state index >= 15 is 0 Å². The third-order valence-corrected chi connectivity index (χ3v) is 3.55. The van der Waals surface area contributed by atoms with E-state index in [-0.39, 0.29) is 0 Å². The Balaban J connectivity index is 2.71. The molecule has 0 atom stereocenters. The number of H-pyrrole nitrogens is 1. The summed E-state index contributed by atoms with van der Waals surface area (Å²) in [5.74, 6) is 0. The third-order valence-electron chi connectivity index (χ3n) is 1.81. The van der Waals surface area contributed by atoms with Gasteiger partial charge < -0.3 is 0 Å². The van der Waals surface area contributed by atoms with Crippen molar-refractivity contribution in [2.24, 2.45) is 0 Å². The molecule has 0 unspecified atom stereocenters. The first-order chi connectivity index (χ1) is 6.34. The van der Waals surface area contributed by atoms with E-state index in [1.165, 1.54) is 23.1 Å². The summed E-state index contributed by atoms with van der Waals surface area (Å²) in [4.78, 5) is 4.27. The standard InChI is InChI=1S/C7H3N3S3/c11-7-8-6-4(12-7)2-1-3-5(6)10-13-9-3/h1-2,9H. The second kappa shape index (κ2) is 2.57. The minimum atomic E-state index is 0.676. The molecule has 3 nitrogen and oxygen atoms in total. The lowest BCUT2D eigenvalue weighted by Gasteiger charge is -1.86. The third kappa shape index (κ3) is 1.03. The molecule has 0 fully saturated rings. The fourth-order valence-corrected chi connectivity index (χ4v) is 2.90. The first-order valence-corrected chi connectivity index (χ1v) is 5.58. The topological polar surface area (TPSA) is 41.6 Å². The average Bonchev–Trinajstić information content (AvgIpc) is 2.65. The normalized spacial score (nSPS) is 11.4. The Bertz CT molecular complexity index is 633. The van der Waals surface area contributed by atoms with Gasteiger partial charge in [0, 0.05) is 11.7 Å². The van der Waals surface area contributed by atoms with Crippen molar-refractivity contribution in [2.75, 3.05) is 0 Å². The number of hydrogen-bond acceptors (Lipinski definition) is 5. The van der Waals surface area contributed by atoms with Crippen molar-refractivity contribution in [3.8, 4) is 0 Å². The van der Waals surface area contributed by atoms with Crippen LogP contribution >= 0.6 is 35.3 Å². The molecule has 0 amide bonds. The molecular formula is C7H3N3S3. The summed E-state index contributed by atoms with van der Waals surface area (Å²) >= 11 is 7.88. The zero-order valence-electron chi connectivity index (χ0n) is 6.27. The molecule has 1 aromatic carbocycles. The highest BCUT2D eigenvalue weighted by molar-refractivity contribution is 7.73. The molecule has 0 saturated carbocycles. The fourth-order valence-electron chi connectivity index (χ4n) is 1.25. The van der Waals surface area contributed by atoms with E-state index in [1.807, 2.05) is 12.1 Å². The van der Waals surface area contributed by atoms with Gasteiger partial charge in [0.2, 0.25) is 0 Å². The van der Waals surface area contributed by atoms with Crippen molar-refractivity contribution < 1.29 is 0 Å². The van der Waals surface area contributed by atoms with E-state index in [4.69, 9.17) is 12.2 Å². The maximum absolute atomic E-state index is 5.02. The summed E-state index contributed by atoms with van der Waals surface area (Å²) < 4.78 is 9.11. The second-order valence-corrected chi connectivity index (χ2v) is 4.82. The van der Waals surface area contributed by atoms with Crippen LogP contribution in [0.4, 0.5) is 0 Å². The molecule has 2 aromatic heterocycles. The molecule has 0 bridgehead atoms. The first kappa shape index (κ1) is 7.54. The highest BCUT2D eigenvalue weighted by Crippen LogP contribution is 2.26. The monoisotopic (exact) mass is 225 g/mol. The summed E-state index contributed by atoms with van der Waals surface area (Å²) in [6, 6.07) is 4.03. The van der Waals surface area contributed by atoms with Crippen LogP contribution in [0.1, 0.15) is 0 Å². The SMILES string of the molecule is S=c1nc2c(ccc3[nH]snc32)s1. The Morgan fingerprint density at radius 2 is 2.23 bits per heavy atom. The van der Waals surface area contributed by atoms with Crippen molar-refractivity contribution in [1.82, 2.24) is 13.7 Å². The molecule has 0 saturated heterocycles. The molecule has 1 N–H and O–H groups in total. The Morgan fingerprint density at radius 3 is 3.15 bits per heavy atom. The first-order valence-electron chi connectivity index (χ1n) is 3.58. The van der Waals surface area contributed by atoms with Gasteiger partial charge in [-0.15, -0.1) is 11.3 Å². The number of fused-ring (bicyclic) bond motifs is 3. The van der Waals surface area contributed by atoms with Crippen LogP contribution in [0.5, 0.6) is 0 Å². The largest absolute Gasteiger partial charge is 0.293 e. The van der Waals surface area contributed by atoms with E-state index in [2.05, 4.69) is 13.7 Å². The molecule has 0 aliphatic heterocycles. The van der Waals surface area contributed by atoms with Crippen molar-refractivity contribution in [2.45, 2.75) is 0 Å². The molecule has 3 rings (SSSR count). The predicted molar refractivity (Wildman–Crippen MR) is 58.0 cm³/mol. The molecule has 0 radical (unpaired) electrons. The molecule has 0 spiro atoms. The van der Waals surface area contributed by atoms with E-state index in [1.54, 1.807) is 0 Å². The van der Waals surface area contributed by atoms with Crippen molar-refractivity contribution >= 4 is 56.5 Å². The number of benzene rings is 1. The Morgan fingerprint density at radius 1 is 1.31 bits per heavy atom. The number of rotatable bonds is 0. The second-order valence-electron chi connectivity index (χ2n) is 2.57. The summed E-state index contributed by atoms with van der Waals surface area (Å²) in [7, 11) is 0. The van der Waals surface area contributed by atoms with Crippen molar-refractivity contribution in [1.29, 1.82) is 0 Å². The summed E-state index contributed by atoms with van der Waals surface area (Å²) in [6.07, 6.45) is 0. The van der Waals surface area contributed by atoms with Gasteiger partial charge in [-0.05, 0) is 24.4 Å². The van der Waals surface area contributed by atoms with Gasteiger partial charge in [0.15, 0.2) is 3.95 Å². The minimum absolute atomic E-state index is 0.676. The van der Waals surface area contributed by atoms with Crippen LogP contribution in [0.2, 0.25) is 0 Å².